The number of pyridine rings is 1. The second-order valence-corrected chi connectivity index (χ2v) is 8.96. The first-order valence-corrected chi connectivity index (χ1v) is 9.48. The van der Waals surface area contributed by atoms with Gasteiger partial charge in [0.2, 0.25) is 0 Å². The van der Waals surface area contributed by atoms with Crippen molar-refractivity contribution in [2.75, 3.05) is 11.5 Å². The van der Waals surface area contributed by atoms with E-state index in [9.17, 15) is 13.5 Å². The van der Waals surface area contributed by atoms with Crippen LogP contribution in [0.5, 0.6) is 0 Å². The van der Waals surface area contributed by atoms with Crippen LogP contribution in [0.3, 0.4) is 0 Å². The Bertz CT molecular complexity index is 802. The average Bonchev–Trinajstić information content (AvgIpc) is 2.64. The van der Waals surface area contributed by atoms with Crippen LogP contribution in [0.2, 0.25) is 0 Å². The first kappa shape index (κ1) is 14.8. The van der Waals surface area contributed by atoms with Gasteiger partial charge < -0.3 is 5.11 Å². The molecule has 0 spiro atoms. The maximum atomic E-state index is 11.6. The number of rotatable bonds is 2. The maximum Gasteiger partial charge on any atom is 0.154 e. The van der Waals surface area contributed by atoms with Gasteiger partial charge in [0.1, 0.15) is 0 Å². The molecule has 21 heavy (non-hydrogen) atoms. The summed E-state index contributed by atoms with van der Waals surface area (Å²) in [6.45, 7) is 4.04. The molecule has 6 heteroatoms. The minimum absolute atomic E-state index is 0.0192. The highest BCUT2D eigenvalue weighted by Crippen LogP contribution is 2.32. The number of benzene rings is 1. The molecule has 1 aliphatic rings. The predicted octanol–water partition coefficient (Wildman–Crippen LogP) is 2.10. The molecule has 3 rings (SSSR count). The highest BCUT2D eigenvalue weighted by molar-refractivity contribution is 8.01. The fraction of sp³-hybridized carbons (Fsp3) is 0.400. The monoisotopic (exact) mass is 323 g/mol. The lowest BCUT2D eigenvalue weighted by molar-refractivity contribution is 0.207. The van der Waals surface area contributed by atoms with Gasteiger partial charge in [-0.2, -0.15) is 0 Å². The molecular weight excluding hydrogens is 306 g/mol. The van der Waals surface area contributed by atoms with Crippen molar-refractivity contribution in [1.29, 1.82) is 0 Å². The summed E-state index contributed by atoms with van der Waals surface area (Å²) in [7, 11) is -3.12. The van der Waals surface area contributed by atoms with E-state index in [1.807, 2.05) is 38.1 Å². The van der Waals surface area contributed by atoms with Gasteiger partial charge in [0.15, 0.2) is 9.84 Å². The van der Waals surface area contributed by atoms with Gasteiger partial charge in [-0.15, -0.1) is 0 Å². The minimum Gasteiger partial charge on any atom is -0.391 e. The van der Waals surface area contributed by atoms with E-state index in [2.05, 4.69) is 4.98 Å². The molecule has 1 aromatic heterocycles. The van der Waals surface area contributed by atoms with Gasteiger partial charge >= 0.3 is 0 Å². The molecule has 1 aliphatic heterocycles. The molecule has 2 aromatic rings. The van der Waals surface area contributed by atoms with Gasteiger partial charge in [0.05, 0.1) is 33.4 Å². The lowest BCUT2D eigenvalue weighted by atomic mass is 10.1. The van der Waals surface area contributed by atoms with E-state index < -0.39 is 15.9 Å². The summed E-state index contributed by atoms with van der Waals surface area (Å²) in [5.41, 5.74) is 3.15. The fourth-order valence-corrected chi connectivity index (χ4v) is 6.24. The third kappa shape index (κ3) is 2.93. The molecule has 112 valence electrons. The van der Waals surface area contributed by atoms with Crippen molar-refractivity contribution in [3.63, 3.8) is 0 Å². The molecule has 0 amide bonds. The maximum absolute atomic E-state index is 11.6. The number of fused-ring (bicyclic) bond motifs is 1. The van der Waals surface area contributed by atoms with Gasteiger partial charge in [0, 0.05) is 5.39 Å². The standard InChI is InChI=1S/C15H17NO3S2/c1-9-4-3-5-11-10(2)6-14(16-15(9)11)20-13-8-21(18,19)7-12(13)17/h3-6,12-13,17H,7-8H2,1-2H3/t12-,13-/m0/s1. The van der Waals surface area contributed by atoms with Gasteiger partial charge in [-0.25, -0.2) is 13.4 Å². The van der Waals surface area contributed by atoms with Crippen LogP contribution in [0.4, 0.5) is 0 Å². The lowest BCUT2D eigenvalue weighted by Gasteiger charge is -2.13. The molecule has 0 bridgehead atoms. The first-order valence-electron chi connectivity index (χ1n) is 6.78. The number of sulfone groups is 1. The second-order valence-electron chi connectivity index (χ2n) is 5.55. The average molecular weight is 323 g/mol. The number of aliphatic hydroxyl groups is 1. The van der Waals surface area contributed by atoms with Gasteiger partial charge in [-0.1, -0.05) is 30.0 Å². The smallest absolute Gasteiger partial charge is 0.154 e. The molecule has 0 unspecified atom stereocenters. The van der Waals surface area contributed by atoms with Crippen molar-refractivity contribution < 1.29 is 13.5 Å². The van der Waals surface area contributed by atoms with Crippen LogP contribution in [0.15, 0.2) is 29.3 Å². The van der Waals surface area contributed by atoms with E-state index in [4.69, 9.17) is 0 Å². The number of hydrogen-bond donors (Lipinski definition) is 1. The Kier molecular flexibility index (Phi) is 3.71. The van der Waals surface area contributed by atoms with Crippen LogP contribution in [-0.2, 0) is 9.84 Å². The normalized spacial score (nSPS) is 24.5. The van der Waals surface area contributed by atoms with E-state index in [0.29, 0.717) is 0 Å². The van der Waals surface area contributed by atoms with Crippen LogP contribution in [0.25, 0.3) is 10.9 Å². The quantitative estimate of drug-likeness (QED) is 0.917. The predicted molar refractivity (Wildman–Crippen MR) is 85.5 cm³/mol. The zero-order chi connectivity index (χ0) is 15.2. The largest absolute Gasteiger partial charge is 0.391 e. The summed E-state index contributed by atoms with van der Waals surface area (Å²) in [5, 5.41) is 11.4. The van der Waals surface area contributed by atoms with E-state index in [1.54, 1.807) is 0 Å². The summed E-state index contributed by atoms with van der Waals surface area (Å²) in [5.74, 6) is -0.123. The third-order valence-corrected chi connectivity index (χ3v) is 6.93. The third-order valence-electron chi connectivity index (χ3n) is 3.77. The highest BCUT2D eigenvalue weighted by Gasteiger charge is 2.37. The van der Waals surface area contributed by atoms with Crippen molar-refractivity contribution in [3.8, 4) is 0 Å². The number of thioether (sulfide) groups is 1. The SMILES string of the molecule is Cc1cc(S[C@H]2CS(=O)(=O)C[C@@H]2O)nc2c(C)cccc12. The Morgan fingerprint density at radius 2 is 2.00 bits per heavy atom. The topological polar surface area (TPSA) is 67.3 Å². The molecule has 1 aromatic carbocycles. The van der Waals surface area contributed by atoms with Gasteiger partial charge in [0.25, 0.3) is 0 Å². The zero-order valence-corrected chi connectivity index (χ0v) is 13.5. The Labute approximate surface area is 128 Å². The summed E-state index contributed by atoms with van der Waals surface area (Å²) in [6, 6.07) is 8.02. The van der Waals surface area contributed by atoms with Crippen LogP contribution < -0.4 is 0 Å². The van der Waals surface area contributed by atoms with Crippen LogP contribution >= 0.6 is 11.8 Å². The number of aryl methyl sites for hydroxylation is 2. The van der Waals surface area contributed by atoms with Crippen molar-refractivity contribution >= 4 is 32.5 Å². The van der Waals surface area contributed by atoms with Crippen molar-refractivity contribution in [3.05, 3.63) is 35.4 Å². The van der Waals surface area contributed by atoms with Crippen molar-refractivity contribution in [2.24, 2.45) is 0 Å². The summed E-state index contributed by atoms with van der Waals surface area (Å²) < 4.78 is 23.2. The number of hydrogen-bond acceptors (Lipinski definition) is 5. The Balaban J connectivity index is 1.97. The van der Waals surface area contributed by atoms with Crippen molar-refractivity contribution in [1.82, 2.24) is 4.98 Å². The summed E-state index contributed by atoms with van der Waals surface area (Å²) >= 11 is 1.36. The second kappa shape index (κ2) is 5.26. The lowest BCUT2D eigenvalue weighted by Crippen LogP contribution is -2.20. The molecule has 0 saturated carbocycles. The fourth-order valence-electron chi connectivity index (χ4n) is 2.66. The minimum atomic E-state index is -3.12. The Morgan fingerprint density at radius 3 is 2.67 bits per heavy atom. The summed E-state index contributed by atoms with van der Waals surface area (Å²) in [6.07, 6.45) is -0.810. The highest BCUT2D eigenvalue weighted by atomic mass is 32.2. The number of aliphatic hydroxyl groups excluding tert-OH is 1. The molecule has 0 radical (unpaired) electrons. The molecule has 2 atom stereocenters. The molecule has 4 nitrogen and oxygen atoms in total. The number of aromatic nitrogens is 1. The van der Waals surface area contributed by atoms with Crippen LogP contribution in [0, 0.1) is 13.8 Å². The van der Waals surface area contributed by atoms with Gasteiger partial charge in [-0.05, 0) is 31.0 Å². The van der Waals surface area contributed by atoms with E-state index >= 15 is 0 Å². The number of nitrogens with zero attached hydrogens (tertiary/aromatic N) is 1. The summed E-state index contributed by atoms with van der Waals surface area (Å²) in [4.78, 5) is 4.64. The molecule has 1 fully saturated rings. The molecular formula is C15H17NO3S2. The Hall–Kier alpha value is -1.11. The van der Waals surface area contributed by atoms with Crippen LogP contribution in [-0.4, -0.2) is 41.4 Å². The van der Waals surface area contributed by atoms with E-state index in [-0.39, 0.29) is 16.8 Å². The zero-order valence-electron chi connectivity index (χ0n) is 11.9. The Morgan fingerprint density at radius 1 is 1.24 bits per heavy atom. The molecule has 0 aliphatic carbocycles. The van der Waals surface area contributed by atoms with Gasteiger partial charge in [-0.3, -0.25) is 0 Å². The molecule has 1 saturated heterocycles. The van der Waals surface area contributed by atoms with Crippen molar-refractivity contribution in [2.45, 2.75) is 30.2 Å². The van der Waals surface area contributed by atoms with E-state index in [0.717, 1.165) is 27.1 Å². The van der Waals surface area contributed by atoms with E-state index in [1.165, 1.54) is 11.8 Å². The molecule has 2 heterocycles. The van der Waals surface area contributed by atoms with Crippen LogP contribution in [0.1, 0.15) is 11.1 Å². The molecule has 1 N–H and O–H groups in total. The number of para-hydroxylation sites is 1. The first-order chi connectivity index (χ1) is 9.85.